The van der Waals surface area contributed by atoms with E-state index in [0.717, 1.165) is 31.0 Å². The highest BCUT2D eigenvalue weighted by atomic mass is 35.5. The fraction of sp³-hybridized carbons (Fsp3) is 0.900. The SMILES string of the molecule is CCSCCC(C)NC(=O)C1CNC1.Cl. The topological polar surface area (TPSA) is 41.1 Å². The first kappa shape index (κ1) is 15.1. The van der Waals surface area contributed by atoms with Crippen molar-refractivity contribution in [1.82, 2.24) is 10.6 Å². The molecule has 1 aliphatic rings. The first-order valence-electron chi connectivity index (χ1n) is 5.33. The molecule has 1 atom stereocenters. The second-order valence-electron chi connectivity index (χ2n) is 3.75. The van der Waals surface area contributed by atoms with Crippen molar-refractivity contribution in [3.8, 4) is 0 Å². The maximum Gasteiger partial charge on any atom is 0.225 e. The van der Waals surface area contributed by atoms with Gasteiger partial charge in [-0.3, -0.25) is 4.79 Å². The minimum absolute atomic E-state index is 0. The molecule has 3 nitrogen and oxygen atoms in total. The highest BCUT2D eigenvalue weighted by molar-refractivity contribution is 7.99. The molecule has 1 amide bonds. The lowest BCUT2D eigenvalue weighted by atomic mass is 10.0. The van der Waals surface area contributed by atoms with E-state index in [4.69, 9.17) is 0 Å². The number of carbonyl (C=O) groups excluding carboxylic acids is 1. The number of hydrogen-bond acceptors (Lipinski definition) is 3. The maximum absolute atomic E-state index is 11.5. The number of thioether (sulfide) groups is 1. The van der Waals surface area contributed by atoms with Crippen LogP contribution in [-0.2, 0) is 4.79 Å². The standard InChI is InChI=1S/C10H20N2OS.ClH/c1-3-14-5-4-8(2)12-10(13)9-6-11-7-9;/h8-9,11H,3-7H2,1-2H3,(H,12,13);1H. The minimum atomic E-state index is 0. The van der Waals surface area contributed by atoms with Crippen LogP contribution >= 0.6 is 24.2 Å². The lowest BCUT2D eigenvalue weighted by Gasteiger charge is -2.27. The summed E-state index contributed by atoms with van der Waals surface area (Å²) in [6.07, 6.45) is 1.07. The maximum atomic E-state index is 11.5. The summed E-state index contributed by atoms with van der Waals surface area (Å²) in [6, 6.07) is 0.321. The first-order valence-corrected chi connectivity index (χ1v) is 6.48. The molecule has 0 aromatic carbocycles. The number of halogens is 1. The highest BCUT2D eigenvalue weighted by Gasteiger charge is 2.25. The highest BCUT2D eigenvalue weighted by Crippen LogP contribution is 2.06. The lowest BCUT2D eigenvalue weighted by molar-refractivity contribution is -0.127. The zero-order valence-corrected chi connectivity index (χ0v) is 11.0. The Morgan fingerprint density at radius 2 is 2.27 bits per heavy atom. The number of hydrogen-bond donors (Lipinski definition) is 2. The van der Waals surface area contributed by atoms with Crippen molar-refractivity contribution in [2.45, 2.75) is 26.3 Å². The third kappa shape index (κ3) is 5.64. The van der Waals surface area contributed by atoms with E-state index in [1.807, 2.05) is 11.8 Å². The molecule has 1 fully saturated rings. The molecule has 90 valence electrons. The van der Waals surface area contributed by atoms with Gasteiger partial charge >= 0.3 is 0 Å². The minimum Gasteiger partial charge on any atom is -0.353 e. The second kappa shape index (κ2) is 8.25. The Labute approximate surface area is 103 Å². The summed E-state index contributed by atoms with van der Waals surface area (Å²) in [4.78, 5) is 11.5. The Hall–Kier alpha value is 0.0700. The average Bonchev–Trinajstić information content (AvgIpc) is 2.00. The van der Waals surface area contributed by atoms with Crippen LogP contribution in [0.4, 0.5) is 0 Å². The van der Waals surface area contributed by atoms with E-state index < -0.39 is 0 Å². The molecule has 0 aromatic rings. The van der Waals surface area contributed by atoms with Gasteiger partial charge in [0, 0.05) is 19.1 Å². The van der Waals surface area contributed by atoms with Crippen LogP contribution in [0.15, 0.2) is 0 Å². The van der Waals surface area contributed by atoms with Crippen molar-refractivity contribution in [3.63, 3.8) is 0 Å². The van der Waals surface area contributed by atoms with Crippen LogP contribution in [0.1, 0.15) is 20.3 Å². The molecule has 0 aliphatic carbocycles. The molecular weight excluding hydrogens is 232 g/mol. The van der Waals surface area contributed by atoms with Gasteiger partial charge in [0.2, 0.25) is 5.91 Å². The lowest BCUT2D eigenvalue weighted by Crippen LogP contribution is -2.52. The fourth-order valence-electron chi connectivity index (χ4n) is 1.31. The van der Waals surface area contributed by atoms with Gasteiger partial charge in [-0.2, -0.15) is 11.8 Å². The molecule has 15 heavy (non-hydrogen) atoms. The Morgan fingerprint density at radius 1 is 1.60 bits per heavy atom. The van der Waals surface area contributed by atoms with Crippen LogP contribution in [0.5, 0.6) is 0 Å². The predicted octanol–water partition coefficient (Wildman–Crippen LogP) is 1.28. The normalized spacial score (nSPS) is 17.5. The Bertz CT molecular complexity index is 188. The molecule has 5 heteroatoms. The Balaban J connectivity index is 0.00000196. The first-order chi connectivity index (χ1) is 6.74. The smallest absolute Gasteiger partial charge is 0.225 e. The molecular formula is C10H21ClN2OS. The van der Waals surface area contributed by atoms with Gasteiger partial charge in [0.1, 0.15) is 0 Å². The van der Waals surface area contributed by atoms with E-state index in [2.05, 4.69) is 24.5 Å². The van der Waals surface area contributed by atoms with E-state index in [0.29, 0.717) is 6.04 Å². The van der Waals surface area contributed by atoms with E-state index in [1.165, 1.54) is 0 Å². The van der Waals surface area contributed by atoms with Crippen molar-refractivity contribution in [1.29, 1.82) is 0 Å². The van der Waals surface area contributed by atoms with Gasteiger partial charge in [-0.05, 0) is 24.9 Å². The van der Waals surface area contributed by atoms with Crippen molar-refractivity contribution in [3.05, 3.63) is 0 Å². The molecule has 0 aromatic heterocycles. The van der Waals surface area contributed by atoms with Crippen LogP contribution in [0, 0.1) is 5.92 Å². The Morgan fingerprint density at radius 3 is 2.73 bits per heavy atom. The molecule has 2 N–H and O–H groups in total. The van der Waals surface area contributed by atoms with Gasteiger partial charge in [0.05, 0.1) is 5.92 Å². The van der Waals surface area contributed by atoms with Crippen molar-refractivity contribution in [2.24, 2.45) is 5.92 Å². The average molecular weight is 253 g/mol. The molecule has 0 radical (unpaired) electrons. The fourth-order valence-corrected chi connectivity index (χ4v) is 2.12. The Kier molecular flexibility index (Phi) is 8.29. The second-order valence-corrected chi connectivity index (χ2v) is 5.14. The zero-order valence-electron chi connectivity index (χ0n) is 9.41. The monoisotopic (exact) mass is 252 g/mol. The molecule has 0 bridgehead atoms. The van der Waals surface area contributed by atoms with Crippen LogP contribution in [0.25, 0.3) is 0 Å². The van der Waals surface area contributed by atoms with E-state index >= 15 is 0 Å². The summed E-state index contributed by atoms with van der Waals surface area (Å²) in [5.41, 5.74) is 0. The van der Waals surface area contributed by atoms with Crippen LogP contribution < -0.4 is 10.6 Å². The van der Waals surface area contributed by atoms with Crippen LogP contribution in [0.3, 0.4) is 0 Å². The third-order valence-electron chi connectivity index (χ3n) is 2.44. The number of nitrogens with one attached hydrogen (secondary N) is 2. The quantitative estimate of drug-likeness (QED) is 0.700. The van der Waals surface area contributed by atoms with Gasteiger partial charge in [-0.15, -0.1) is 12.4 Å². The summed E-state index contributed by atoms with van der Waals surface area (Å²) in [5, 5.41) is 6.15. The van der Waals surface area contributed by atoms with Crippen molar-refractivity contribution < 1.29 is 4.79 Å². The summed E-state index contributed by atoms with van der Waals surface area (Å²) in [7, 11) is 0. The molecule has 1 aliphatic heterocycles. The molecule has 0 saturated carbocycles. The number of amides is 1. The van der Waals surface area contributed by atoms with Gasteiger partial charge in [0.15, 0.2) is 0 Å². The largest absolute Gasteiger partial charge is 0.353 e. The number of rotatable bonds is 6. The molecule has 0 spiro atoms. The summed E-state index contributed by atoms with van der Waals surface area (Å²) < 4.78 is 0. The summed E-state index contributed by atoms with van der Waals surface area (Å²) >= 11 is 1.93. The zero-order chi connectivity index (χ0) is 10.4. The summed E-state index contributed by atoms with van der Waals surface area (Å²) in [6.45, 7) is 5.94. The predicted molar refractivity (Wildman–Crippen MR) is 68.8 cm³/mol. The van der Waals surface area contributed by atoms with Gasteiger partial charge in [0.25, 0.3) is 0 Å². The van der Waals surface area contributed by atoms with Crippen molar-refractivity contribution in [2.75, 3.05) is 24.6 Å². The number of carbonyl (C=O) groups is 1. The van der Waals surface area contributed by atoms with Gasteiger partial charge in [-0.25, -0.2) is 0 Å². The van der Waals surface area contributed by atoms with E-state index in [9.17, 15) is 4.79 Å². The van der Waals surface area contributed by atoms with E-state index in [1.54, 1.807) is 0 Å². The van der Waals surface area contributed by atoms with Crippen molar-refractivity contribution >= 4 is 30.1 Å². The molecule has 1 saturated heterocycles. The van der Waals surface area contributed by atoms with Crippen LogP contribution in [0.2, 0.25) is 0 Å². The van der Waals surface area contributed by atoms with Gasteiger partial charge < -0.3 is 10.6 Å². The van der Waals surface area contributed by atoms with Crippen LogP contribution in [-0.4, -0.2) is 36.5 Å². The molecule has 1 rings (SSSR count). The summed E-state index contributed by atoms with van der Waals surface area (Å²) in [5.74, 6) is 2.74. The third-order valence-corrected chi connectivity index (χ3v) is 3.37. The van der Waals surface area contributed by atoms with E-state index in [-0.39, 0.29) is 24.2 Å². The molecule has 1 heterocycles. The molecule has 1 unspecified atom stereocenters. The van der Waals surface area contributed by atoms with Gasteiger partial charge in [-0.1, -0.05) is 6.92 Å².